The van der Waals surface area contributed by atoms with E-state index < -0.39 is 36.6 Å². The second-order valence-electron chi connectivity index (χ2n) is 6.91. The van der Waals surface area contributed by atoms with Crippen LogP contribution < -0.4 is 4.90 Å². The first-order chi connectivity index (χ1) is 11.9. The third-order valence-electron chi connectivity index (χ3n) is 5.53. The first-order valence-electron chi connectivity index (χ1n) is 8.22. The van der Waals surface area contributed by atoms with Crippen LogP contribution in [0.2, 0.25) is 0 Å². The number of rotatable bonds is 1. The molecule has 5 atom stereocenters. The maximum Gasteiger partial charge on any atom is 0.256 e. The average molecular weight is 348 g/mol. The number of hydrogen-bond donors (Lipinski definition) is 3. The van der Waals surface area contributed by atoms with E-state index in [4.69, 9.17) is 4.74 Å². The summed E-state index contributed by atoms with van der Waals surface area (Å²) < 4.78 is 5.72. The van der Waals surface area contributed by atoms with Crippen LogP contribution in [0.15, 0.2) is 24.3 Å². The lowest BCUT2D eigenvalue weighted by atomic mass is 9.91. The van der Waals surface area contributed by atoms with Crippen molar-refractivity contribution in [1.82, 2.24) is 4.90 Å². The molecule has 1 aromatic carbocycles. The Hall–Kier alpha value is -2.00. The smallest absolute Gasteiger partial charge is 0.256 e. The van der Waals surface area contributed by atoms with Crippen molar-refractivity contribution in [2.24, 2.45) is 0 Å². The summed E-state index contributed by atoms with van der Waals surface area (Å²) in [5.41, 5.74) is -0.303. The van der Waals surface area contributed by atoms with Gasteiger partial charge in [0.05, 0.1) is 24.4 Å². The number of anilines is 1. The Kier molecular flexibility index (Phi) is 3.62. The first kappa shape index (κ1) is 16.5. The minimum atomic E-state index is -1.28. The van der Waals surface area contributed by atoms with Crippen molar-refractivity contribution >= 4 is 17.5 Å². The first-order valence-corrected chi connectivity index (χ1v) is 8.22. The molecule has 4 rings (SSSR count). The van der Waals surface area contributed by atoms with Crippen LogP contribution in [0.25, 0.3) is 0 Å². The Labute approximate surface area is 144 Å². The Morgan fingerprint density at radius 3 is 2.68 bits per heavy atom. The van der Waals surface area contributed by atoms with Crippen LogP contribution in [-0.4, -0.2) is 82.2 Å². The monoisotopic (exact) mass is 348 g/mol. The maximum absolute atomic E-state index is 13.0. The number of ether oxygens (including phenoxy) is 1. The second-order valence-corrected chi connectivity index (χ2v) is 6.91. The Bertz CT molecular complexity index is 740. The molecule has 8 nitrogen and oxygen atoms in total. The molecule has 0 bridgehead atoms. The van der Waals surface area contributed by atoms with E-state index in [0.717, 1.165) is 0 Å². The molecule has 1 spiro atoms. The van der Waals surface area contributed by atoms with E-state index in [1.165, 1.54) is 9.80 Å². The standard InChI is InChI=1S/C17H20N2O6/c1-18-10-5-3-2-4-9(10)15(23)19-8-17(6-11(19)16(18)24)14(22)13(21)12(7-20)25-17/h2-5,11-14,20-22H,6-8H2,1H3/t11-,12-,13-,14+,17+/m1/s1. The van der Waals surface area contributed by atoms with Gasteiger partial charge in [0.25, 0.3) is 5.91 Å². The van der Waals surface area contributed by atoms with Gasteiger partial charge in [0.2, 0.25) is 5.91 Å². The SMILES string of the molecule is CN1C(=O)[C@H]2C[C@@]3(CN2C(=O)c2ccccc21)O[C@H](CO)[C@@H](O)[C@@H]3O. The molecule has 2 saturated heterocycles. The predicted molar refractivity (Wildman–Crippen MR) is 86.0 cm³/mol. The molecule has 0 unspecified atom stereocenters. The van der Waals surface area contributed by atoms with Crippen LogP contribution in [0.4, 0.5) is 5.69 Å². The molecular weight excluding hydrogens is 328 g/mol. The second kappa shape index (κ2) is 5.50. The van der Waals surface area contributed by atoms with Crippen molar-refractivity contribution in [3.8, 4) is 0 Å². The van der Waals surface area contributed by atoms with Crippen LogP contribution in [-0.2, 0) is 9.53 Å². The number of hydrogen-bond acceptors (Lipinski definition) is 6. The highest BCUT2D eigenvalue weighted by atomic mass is 16.6. The third kappa shape index (κ3) is 2.15. The normalized spacial score (nSPS) is 37.4. The van der Waals surface area contributed by atoms with Gasteiger partial charge in [-0.1, -0.05) is 12.1 Å². The summed E-state index contributed by atoms with van der Waals surface area (Å²) in [5, 5.41) is 29.9. The van der Waals surface area contributed by atoms with Gasteiger partial charge < -0.3 is 29.9 Å². The lowest BCUT2D eigenvalue weighted by Gasteiger charge is -2.27. The van der Waals surface area contributed by atoms with Gasteiger partial charge in [0, 0.05) is 13.5 Å². The number of benzene rings is 1. The van der Waals surface area contributed by atoms with Crippen molar-refractivity contribution in [1.29, 1.82) is 0 Å². The van der Waals surface area contributed by atoms with Crippen molar-refractivity contribution in [2.75, 3.05) is 25.1 Å². The number of aliphatic hydroxyl groups is 3. The number of para-hydroxylation sites is 1. The Morgan fingerprint density at radius 1 is 1.28 bits per heavy atom. The number of nitrogens with zero attached hydrogens (tertiary/aromatic N) is 2. The van der Waals surface area contributed by atoms with Crippen molar-refractivity contribution < 1.29 is 29.6 Å². The minimum Gasteiger partial charge on any atom is -0.394 e. The van der Waals surface area contributed by atoms with E-state index in [0.29, 0.717) is 11.3 Å². The van der Waals surface area contributed by atoms with Gasteiger partial charge in [-0.2, -0.15) is 0 Å². The molecule has 0 aliphatic carbocycles. The molecule has 0 aromatic heterocycles. The molecule has 1 aromatic rings. The Morgan fingerprint density at radius 2 is 2.00 bits per heavy atom. The summed E-state index contributed by atoms with van der Waals surface area (Å²) in [6, 6.07) is 6.08. The zero-order chi connectivity index (χ0) is 17.9. The topological polar surface area (TPSA) is 111 Å². The summed E-state index contributed by atoms with van der Waals surface area (Å²) in [6.07, 6.45) is -3.40. The molecule has 3 aliphatic heterocycles. The summed E-state index contributed by atoms with van der Waals surface area (Å²) in [5.74, 6) is -0.583. The fraction of sp³-hybridized carbons (Fsp3) is 0.529. The third-order valence-corrected chi connectivity index (χ3v) is 5.53. The van der Waals surface area contributed by atoms with Crippen LogP contribution in [0.5, 0.6) is 0 Å². The van der Waals surface area contributed by atoms with Gasteiger partial charge in [-0.05, 0) is 12.1 Å². The van der Waals surface area contributed by atoms with E-state index >= 15 is 0 Å². The number of carbonyl (C=O) groups excluding carboxylic acids is 2. The number of carbonyl (C=O) groups is 2. The molecule has 3 heterocycles. The van der Waals surface area contributed by atoms with Crippen molar-refractivity contribution in [3.05, 3.63) is 29.8 Å². The largest absolute Gasteiger partial charge is 0.394 e. The summed E-state index contributed by atoms with van der Waals surface area (Å²) >= 11 is 0. The molecule has 25 heavy (non-hydrogen) atoms. The highest BCUT2D eigenvalue weighted by molar-refractivity contribution is 6.11. The van der Waals surface area contributed by atoms with Crippen LogP contribution in [0.1, 0.15) is 16.8 Å². The quantitative estimate of drug-likeness (QED) is 0.584. The van der Waals surface area contributed by atoms with Crippen LogP contribution in [0.3, 0.4) is 0 Å². The van der Waals surface area contributed by atoms with Gasteiger partial charge in [0.1, 0.15) is 30.0 Å². The Balaban J connectivity index is 1.74. The molecule has 8 heteroatoms. The van der Waals surface area contributed by atoms with Gasteiger partial charge in [0.15, 0.2) is 0 Å². The van der Waals surface area contributed by atoms with E-state index in [2.05, 4.69) is 0 Å². The van der Waals surface area contributed by atoms with Gasteiger partial charge in [-0.15, -0.1) is 0 Å². The summed E-state index contributed by atoms with van der Waals surface area (Å²) in [6.45, 7) is -0.464. The van der Waals surface area contributed by atoms with E-state index in [-0.39, 0.29) is 24.8 Å². The number of fused-ring (bicyclic) bond motifs is 2. The molecule has 2 amide bonds. The van der Waals surface area contributed by atoms with Crippen LogP contribution in [0, 0.1) is 0 Å². The van der Waals surface area contributed by atoms with Crippen LogP contribution >= 0.6 is 0 Å². The molecule has 3 N–H and O–H groups in total. The zero-order valence-corrected chi connectivity index (χ0v) is 13.7. The fourth-order valence-electron chi connectivity index (χ4n) is 4.18. The number of amides is 2. The molecular formula is C17H20N2O6. The molecule has 3 aliphatic rings. The minimum absolute atomic E-state index is 0.0147. The lowest BCUT2D eigenvalue weighted by Crippen LogP contribution is -2.46. The fourth-order valence-corrected chi connectivity index (χ4v) is 4.18. The zero-order valence-electron chi connectivity index (χ0n) is 13.7. The van der Waals surface area contributed by atoms with Crippen molar-refractivity contribution in [2.45, 2.75) is 36.4 Å². The highest BCUT2D eigenvalue weighted by Gasteiger charge is 2.62. The average Bonchev–Trinajstić information content (AvgIpc) is 3.11. The maximum atomic E-state index is 13.0. The molecule has 134 valence electrons. The lowest BCUT2D eigenvalue weighted by molar-refractivity contribution is -0.122. The van der Waals surface area contributed by atoms with Gasteiger partial charge in [-0.3, -0.25) is 9.59 Å². The predicted octanol–water partition coefficient (Wildman–Crippen LogP) is -1.27. The van der Waals surface area contributed by atoms with E-state index in [9.17, 15) is 24.9 Å². The molecule has 0 radical (unpaired) electrons. The highest BCUT2D eigenvalue weighted by Crippen LogP contribution is 2.44. The molecule has 2 fully saturated rings. The van der Waals surface area contributed by atoms with Crippen molar-refractivity contribution in [3.63, 3.8) is 0 Å². The number of aliphatic hydroxyl groups excluding tert-OH is 3. The van der Waals surface area contributed by atoms with Gasteiger partial charge >= 0.3 is 0 Å². The van der Waals surface area contributed by atoms with E-state index in [1.807, 2.05) is 0 Å². The van der Waals surface area contributed by atoms with Gasteiger partial charge in [-0.25, -0.2) is 0 Å². The molecule has 0 saturated carbocycles. The summed E-state index contributed by atoms with van der Waals surface area (Å²) in [4.78, 5) is 28.7. The summed E-state index contributed by atoms with van der Waals surface area (Å²) in [7, 11) is 1.61. The van der Waals surface area contributed by atoms with E-state index in [1.54, 1.807) is 31.3 Å². The number of likely N-dealkylation sites (N-methyl/N-ethyl adjacent to an activating group) is 1.